The third-order valence-electron chi connectivity index (χ3n) is 3.03. The molecule has 3 unspecified atom stereocenters. The lowest BCUT2D eigenvalue weighted by atomic mass is 10.0. The zero-order valence-corrected chi connectivity index (χ0v) is 8.69. The number of nitrogens with zero attached hydrogens (tertiary/aromatic N) is 1. The Balaban J connectivity index is 1.91. The molecule has 0 aromatic rings. The minimum atomic E-state index is -0.228. The highest BCUT2D eigenvalue weighted by Crippen LogP contribution is 2.17. The zero-order valence-electron chi connectivity index (χ0n) is 8.69. The second kappa shape index (κ2) is 4.57. The monoisotopic (exact) mass is 201 g/mol. The molecule has 0 spiro atoms. The predicted octanol–water partition coefficient (Wildman–Crippen LogP) is -0.143. The minimum absolute atomic E-state index is 0.176. The lowest BCUT2D eigenvalue weighted by Gasteiger charge is -2.41. The fourth-order valence-corrected chi connectivity index (χ4v) is 2.21. The summed E-state index contributed by atoms with van der Waals surface area (Å²) in [5.74, 6) is 0. The zero-order chi connectivity index (χ0) is 9.97. The number of rotatable bonds is 1. The molecule has 14 heavy (non-hydrogen) atoms. The van der Waals surface area contributed by atoms with Crippen LogP contribution >= 0.6 is 0 Å². The van der Waals surface area contributed by atoms with E-state index in [1.807, 2.05) is 0 Å². The van der Waals surface area contributed by atoms with Gasteiger partial charge in [-0.15, -0.1) is 0 Å². The predicted molar refractivity (Wildman–Crippen MR) is 52.2 cm³/mol. The van der Waals surface area contributed by atoms with Crippen LogP contribution < -0.4 is 0 Å². The first-order valence-electron chi connectivity index (χ1n) is 5.39. The first-order valence-corrected chi connectivity index (χ1v) is 5.39. The fourth-order valence-electron chi connectivity index (χ4n) is 2.21. The van der Waals surface area contributed by atoms with Crippen molar-refractivity contribution in [1.82, 2.24) is 4.90 Å². The van der Waals surface area contributed by atoms with Crippen LogP contribution in [0.2, 0.25) is 0 Å². The molecule has 2 fully saturated rings. The molecule has 0 bridgehead atoms. The van der Waals surface area contributed by atoms with Crippen LogP contribution in [0, 0.1) is 0 Å². The van der Waals surface area contributed by atoms with Crippen molar-refractivity contribution in [2.24, 2.45) is 0 Å². The number of ether oxygens (including phenoxy) is 2. The van der Waals surface area contributed by atoms with Gasteiger partial charge in [-0.3, -0.25) is 4.90 Å². The highest BCUT2D eigenvalue weighted by molar-refractivity contribution is 4.84. The largest absolute Gasteiger partial charge is 0.391 e. The smallest absolute Gasteiger partial charge is 0.0739 e. The second-order valence-corrected chi connectivity index (χ2v) is 4.17. The molecule has 1 N–H and O–H groups in total. The topological polar surface area (TPSA) is 41.9 Å². The maximum atomic E-state index is 9.84. The van der Waals surface area contributed by atoms with Crippen molar-refractivity contribution in [3.63, 3.8) is 0 Å². The standard InChI is InChI=1S/C10H19NO3/c1-8-6-11(3-5-14-8)9-7-13-4-2-10(9)12/h8-10,12H,2-7H2,1H3. The number of hydrogen-bond donors (Lipinski definition) is 1. The summed E-state index contributed by atoms with van der Waals surface area (Å²) in [6.45, 7) is 6.01. The lowest BCUT2D eigenvalue weighted by Crippen LogP contribution is -2.55. The van der Waals surface area contributed by atoms with E-state index in [1.165, 1.54) is 0 Å². The Bertz CT molecular complexity index is 188. The number of aliphatic hydroxyl groups excluding tert-OH is 1. The van der Waals surface area contributed by atoms with E-state index in [4.69, 9.17) is 9.47 Å². The molecule has 2 rings (SSSR count). The normalized spacial score (nSPS) is 41.1. The van der Waals surface area contributed by atoms with Gasteiger partial charge in [0.15, 0.2) is 0 Å². The summed E-state index contributed by atoms with van der Waals surface area (Å²) >= 11 is 0. The Hall–Kier alpha value is -0.160. The molecule has 3 atom stereocenters. The van der Waals surface area contributed by atoms with Crippen LogP contribution in [0.15, 0.2) is 0 Å². The minimum Gasteiger partial charge on any atom is -0.391 e. The summed E-state index contributed by atoms with van der Waals surface area (Å²) in [7, 11) is 0. The summed E-state index contributed by atoms with van der Waals surface area (Å²) in [4.78, 5) is 2.29. The second-order valence-electron chi connectivity index (χ2n) is 4.17. The summed E-state index contributed by atoms with van der Waals surface area (Å²) < 4.78 is 10.9. The lowest BCUT2D eigenvalue weighted by molar-refractivity contribution is -0.102. The van der Waals surface area contributed by atoms with Gasteiger partial charge in [-0.1, -0.05) is 0 Å². The third-order valence-corrected chi connectivity index (χ3v) is 3.03. The Morgan fingerprint density at radius 2 is 2.21 bits per heavy atom. The number of morpholine rings is 1. The van der Waals surface area contributed by atoms with Gasteiger partial charge < -0.3 is 14.6 Å². The fraction of sp³-hybridized carbons (Fsp3) is 1.00. The van der Waals surface area contributed by atoms with Crippen LogP contribution in [0.5, 0.6) is 0 Å². The van der Waals surface area contributed by atoms with Crippen molar-refractivity contribution in [3.05, 3.63) is 0 Å². The van der Waals surface area contributed by atoms with E-state index >= 15 is 0 Å². The highest BCUT2D eigenvalue weighted by atomic mass is 16.5. The van der Waals surface area contributed by atoms with E-state index < -0.39 is 0 Å². The van der Waals surface area contributed by atoms with Gasteiger partial charge in [0.2, 0.25) is 0 Å². The van der Waals surface area contributed by atoms with Crippen LogP contribution in [0.3, 0.4) is 0 Å². The molecule has 0 aliphatic carbocycles. The van der Waals surface area contributed by atoms with E-state index in [0.717, 1.165) is 26.1 Å². The van der Waals surface area contributed by atoms with Gasteiger partial charge in [0, 0.05) is 19.7 Å². The Morgan fingerprint density at radius 3 is 2.93 bits per heavy atom. The maximum absolute atomic E-state index is 9.84. The average Bonchev–Trinajstić information content (AvgIpc) is 2.18. The molecule has 82 valence electrons. The first kappa shape index (κ1) is 10.4. The molecule has 0 aromatic heterocycles. The third kappa shape index (κ3) is 2.25. The van der Waals surface area contributed by atoms with Gasteiger partial charge in [-0.05, 0) is 13.3 Å². The Labute approximate surface area is 84.8 Å². The number of aliphatic hydroxyl groups is 1. The molecule has 0 amide bonds. The van der Waals surface area contributed by atoms with E-state index in [2.05, 4.69) is 11.8 Å². The molecule has 0 aromatic carbocycles. The van der Waals surface area contributed by atoms with Crippen molar-refractivity contribution in [2.45, 2.75) is 31.6 Å². The van der Waals surface area contributed by atoms with Gasteiger partial charge in [-0.25, -0.2) is 0 Å². The van der Waals surface area contributed by atoms with E-state index in [9.17, 15) is 5.11 Å². The van der Waals surface area contributed by atoms with Gasteiger partial charge >= 0.3 is 0 Å². The molecule has 0 saturated carbocycles. The molecule has 2 saturated heterocycles. The van der Waals surface area contributed by atoms with Crippen molar-refractivity contribution < 1.29 is 14.6 Å². The molecule has 2 aliphatic rings. The van der Waals surface area contributed by atoms with Crippen LogP contribution in [0.1, 0.15) is 13.3 Å². The summed E-state index contributed by atoms with van der Waals surface area (Å²) in [5, 5.41) is 9.84. The van der Waals surface area contributed by atoms with E-state index in [0.29, 0.717) is 13.2 Å². The average molecular weight is 201 g/mol. The maximum Gasteiger partial charge on any atom is 0.0739 e. The summed E-state index contributed by atoms with van der Waals surface area (Å²) in [6.07, 6.45) is 0.808. The highest BCUT2D eigenvalue weighted by Gasteiger charge is 2.31. The van der Waals surface area contributed by atoms with Crippen LogP contribution in [-0.2, 0) is 9.47 Å². The van der Waals surface area contributed by atoms with Gasteiger partial charge in [0.1, 0.15) is 0 Å². The molecule has 0 radical (unpaired) electrons. The van der Waals surface area contributed by atoms with Crippen LogP contribution in [0.25, 0.3) is 0 Å². The van der Waals surface area contributed by atoms with Crippen molar-refractivity contribution >= 4 is 0 Å². The van der Waals surface area contributed by atoms with E-state index in [-0.39, 0.29) is 18.2 Å². The quantitative estimate of drug-likeness (QED) is 0.641. The summed E-state index contributed by atoms with van der Waals surface area (Å²) in [5.41, 5.74) is 0. The molecule has 4 nitrogen and oxygen atoms in total. The van der Waals surface area contributed by atoms with Gasteiger partial charge in [-0.2, -0.15) is 0 Å². The van der Waals surface area contributed by atoms with Crippen molar-refractivity contribution in [2.75, 3.05) is 32.9 Å². The molecule has 2 aliphatic heterocycles. The SMILES string of the molecule is CC1CN(C2COCCC2O)CCO1. The Kier molecular flexibility index (Phi) is 3.38. The van der Waals surface area contributed by atoms with Gasteiger partial charge in [0.05, 0.1) is 31.5 Å². The Morgan fingerprint density at radius 1 is 1.36 bits per heavy atom. The van der Waals surface area contributed by atoms with Crippen LogP contribution in [0.4, 0.5) is 0 Å². The number of hydrogen-bond acceptors (Lipinski definition) is 4. The molecule has 4 heteroatoms. The molecular formula is C10H19NO3. The summed E-state index contributed by atoms with van der Waals surface area (Å²) in [6, 6.07) is 0.176. The first-order chi connectivity index (χ1) is 6.77. The van der Waals surface area contributed by atoms with Crippen molar-refractivity contribution in [3.8, 4) is 0 Å². The van der Waals surface area contributed by atoms with E-state index in [1.54, 1.807) is 0 Å². The van der Waals surface area contributed by atoms with Gasteiger partial charge in [0.25, 0.3) is 0 Å². The molecular weight excluding hydrogens is 182 g/mol. The van der Waals surface area contributed by atoms with Crippen LogP contribution in [-0.4, -0.2) is 61.2 Å². The van der Waals surface area contributed by atoms with Crippen molar-refractivity contribution in [1.29, 1.82) is 0 Å². The molecule has 2 heterocycles.